The van der Waals surface area contributed by atoms with Gasteiger partial charge in [-0.15, -0.1) is 0 Å². The number of aromatic nitrogens is 4. The van der Waals surface area contributed by atoms with Crippen LogP contribution < -0.4 is 0 Å². The minimum atomic E-state index is 0.314. The lowest BCUT2D eigenvalue weighted by molar-refractivity contribution is 1.15. The summed E-state index contributed by atoms with van der Waals surface area (Å²) in [6, 6.07) is 0. The van der Waals surface area contributed by atoms with Crippen LogP contribution in [-0.4, -0.2) is 25.6 Å². The number of hydrogen-bond donors (Lipinski definition) is 1. The molecule has 0 bridgehead atoms. The molecule has 2 rings (SSSR count). The van der Waals surface area contributed by atoms with Crippen LogP contribution >= 0.6 is 0 Å². The molecule has 0 aliphatic carbocycles. The van der Waals surface area contributed by atoms with Crippen LogP contribution in [0.25, 0.3) is 5.57 Å². The van der Waals surface area contributed by atoms with Gasteiger partial charge in [-0.3, -0.25) is 0 Å². The fraction of sp³-hybridized carbons (Fsp3) is 0.133. The lowest BCUT2D eigenvalue weighted by Gasteiger charge is -2.02. The van der Waals surface area contributed by atoms with Crippen LogP contribution in [0, 0.1) is 5.41 Å². The first-order valence-electron chi connectivity index (χ1n) is 6.24. The summed E-state index contributed by atoms with van der Waals surface area (Å²) in [6.07, 6.45) is 12.8. The third kappa shape index (κ3) is 4.20. The van der Waals surface area contributed by atoms with Crippen LogP contribution in [0.2, 0.25) is 0 Å². The highest BCUT2D eigenvalue weighted by molar-refractivity contribution is 6.10. The highest BCUT2D eigenvalue weighted by Gasteiger charge is 2.02. The minimum Gasteiger partial charge on any atom is -0.300 e. The maximum Gasteiger partial charge on any atom is 0.115 e. The smallest absolute Gasteiger partial charge is 0.115 e. The average Bonchev–Trinajstić information content (AvgIpc) is 2.56. The van der Waals surface area contributed by atoms with Crippen LogP contribution in [0.3, 0.4) is 0 Å². The van der Waals surface area contributed by atoms with Crippen molar-refractivity contribution >= 4 is 11.3 Å². The summed E-state index contributed by atoms with van der Waals surface area (Å²) in [7, 11) is 0. The zero-order valence-corrected chi connectivity index (χ0v) is 11.6. The van der Waals surface area contributed by atoms with E-state index in [9.17, 15) is 0 Å². The van der Waals surface area contributed by atoms with E-state index in [-0.39, 0.29) is 0 Å². The van der Waals surface area contributed by atoms with Crippen molar-refractivity contribution in [3.8, 4) is 0 Å². The van der Waals surface area contributed by atoms with Gasteiger partial charge >= 0.3 is 0 Å². The third-order valence-corrected chi connectivity index (χ3v) is 2.29. The Kier molecular flexibility index (Phi) is 6.47. The van der Waals surface area contributed by atoms with E-state index in [1.54, 1.807) is 36.9 Å². The number of nitrogens with one attached hydrogen (secondary N) is 1. The quantitative estimate of drug-likeness (QED) is 0.682. The predicted octanol–water partition coefficient (Wildman–Crippen LogP) is 2.93. The standard InChI is InChI=1S/C13H11N5.C2H6/c1-2-10(11-4-15-8-16-5-11)3-13(14)12-6-17-9-18-7-12;1-2/h2-9,14H,1H2;1-2H3/b10-3+,14-13?;. The van der Waals surface area contributed by atoms with Crippen LogP contribution in [0.15, 0.2) is 56.2 Å². The van der Waals surface area contributed by atoms with Gasteiger partial charge in [-0.25, -0.2) is 19.9 Å². The Morgan fingerprint density at radius 1 is 0.950 bits per heavy atom. The molecule has 0 aliphatic rings. The largest absolute Gasteiger partial charge is 0.300 e. The van der Waals surface area contributed by atoms with E-state index >= 15 is 0 Å². The molecule has 0 saturated heterocycles. The third-order valence-electron chi connectivity index (χ3n) is 2.29. The Morgan fingerprint density at radius 3 is 1.85 bits per heavy atom. The van der Waals surface area contributed by atoms with Gasteiger partial charge in [0, 0.05) is 35.9 Å². The first-order chi connectivity index (χ1) is 9.81. The first kappa shape index (κ1) is 15.4. The molecule has 2 heterocycles. The molecule has 0 spiro atoms. The Morgan fingerprint density at radius 2 is 1.40 bits per heavy atom. The van der Waals surface area contributed by atoms with Gasteiger partial charge in [0.1, 0.15) is 12.7 Å². The van der Waals surface area contributed by atoms with Crippen molar-refractivity contribution in [3.05, 3.63) is 67.3 Å². The van der Waals surface area contributed by atoms with E-state index in [1.807, 2.05) is 13.8 Å². The molecule has 2 aromatic heterocycles. The predicted molar refractivity (Wildman–Crippen MR) is 80.4 cm³/mol. The van der Waals surface area contributed by atoms with Gasteiger partial charge in [-0.2, -0.15) is 0 Å². The monoisotopic (exact) mass is 267 g/mol. The van der Waals surface area contributed by atoms with Gasteiger partial charge in [0.15, 0.2) is 0 Å². The zero-order valence-electron chi connectivity index (χ0n) is 11.6. The molecular formula is C15H17N5. The lowest BCUT2D eigenvalue weighted by Crippen LogP contribution is -1.98. The van der Waals surface area contributed by atoms with E-state index < -0.39 is 0 Å². The summed E-state index contributed by atoms with van der Waals surface area (Å²) in [4.78, 5) is 15.6. The number of allylic oxidation sites excluding steroid dienone is 3. The van der Waals surface area contributed by atoms with E-state index in [4.69, 9.17) is 5.41 Å². The Bertz CT molecular complexity index is 576. The fourth-order valence-electron chi connectivity index (χ4n) is 1.39. The molecule has 0 radical (unpaired) electrons. The normalized spacial score (nSPS) is 10.2. The minimum absolute atomic E-state index is 0.314. The van der Waals surface area contributed by atoms with Crippen molar-refractivity contribution in [3.63, 3.8) is 0 Å². The van der Waals surface area contributed by atoms with Gasteiger partial charge in [-0.1, -0.05) is 26.5 Å². The number of rotatable bonds is 4. The van der Waals surface area contributed by atoms with E-state index in [0.717, 1.165) is 11.1 Å². The molecular weight excluding hydrogens is 250 g/mol. The van der Waals surface area contributed by atoms with Crippen molar-refractivity contribution < 1.29 is 0 Å². The second-order valence-corrected chi connectivity index (χ2v) is 3.47. The molecule has 0 aliphatic heterocycles. The number of hydrogen-bond acceptors (Lipinski definition) is 5. The van der Waals surface area contributed by atoms with Crippen molar-refractivity contribution in [2.24, 2.45) is 0 Å². The molecule has 2 aromatic rings. The zero-order chi connectivity index (χ0) is 14.8. The van der Waals surface area contributed by atoms with E-state index in [2.05, 4.69) is 26.5 Å². The Hall–Kier alpha value is -2.69. The van der Waals surface area contributed by atoms with Gasteiger partial charge in [0.25, 0.3) is 0 Å². The van der Waals surface area contributed by atoms with Gasteiger partial charge < -0.3 is 5.41 Å². The summed E-state index contributed by atoms with van der Waals surface area (Å²) in [6.45, 7) is 7.73. The topological polar surface area (TPSA) is 75.4 Å². The molecule has 0 aromatic carbocycles. The molecule has 1 N–H and O–H groups in total. The summed E-state index contributed by atoms with van der Waals surface area (Å²) >= 11 is 0. The molecule has 5 heteroatoms. The molecule has 0 atom stereocenters. The van der Waals surface area contributed by atoms with Crippen LogP contribution in [0.5, 0.6) is 0 Å². The molecule has 5 nitrogen and oxygen atoms in total. The molecule has 0 fully saturated rings. The van der Waals surface area contributed by atoms with Crippen molar-refractivity contribution in [2.75, 3.05) is 0 Å². The molecule has 0 amide bonds. The first-order valence-corrected chi connectivity index (χ1v) is 6.24. The Balaban J connectivity index is 0.000000956. The molecule has 0 unspecified atom stereocenters. The van der Waals surface area contributed by atoms with Crippen molar-refractivity contribution in [1.82, 2.24) is 19.9 Å². The van der Waals surface area contributed by atoms with Gasteiger partial charge in [0.2, 0.25) is 0 Å². The highest BCUT2D eigenvalue weighted by atomic mass is 14.8. The molecule has 20 heavy (non-hydrogen) atoms. The maximum atomic E-state index is 7.97. The highest BCUT2D eigenvalue weighted by Crippen LogP contribution is 2.14. The fourth-order valence-corrected chi connectivity index (χ4v) is 1.39. The second-order valence-electron chi connectivity index (χ2n) is 3.47. The van der Waals surface area contributed by atoms with Crippen LogP contribution in [-0.2, 0) is 0 Å². The molecule has 0 saturated carbocycles. The van der Waals surface area contributed by atoms with E-state index in [1.165, 1.54) is 12.7 Å². The summed E-state index contributed by atoms with van der Waals surface area (Å²) in [5.41, 5.74) is 2.56. The molecule has 102 valence electrons. The van der Waals surface area contributed by atoms with Crippen LogP contribution in [0.4, 0.5) is 0 Å². The van der Waals surface area contributed by atoms with Gasteiger partial charge in [-0.05, 0) is 11.6 Å². The van der Waals surface area contributed by atoms with Gasteiger partial charge in [0.05, 0.1) is 5.71 Å². The van der Waals surface area contributed by atoms with Crippen molar-refractivity contribution in [1.29, 1.82) is 5.41 Å². The Labute approximate surface area is 118 Å². The van der Waals surface area contributed by atoms with Crippen molar-refractivity contribution in [2.45, 2.75) is 13.8 Å². The number of nitrogens with zero attached hydrogens (tertiary/aromatic N) is 4. The summed E-state index contributed by atoms with van der Waals surface area (Å²) < 4.78 is 0. The summed E-state index contributed by atoms with van der Waals surface area (Å²) in [5, 5.41) is 7.97. The average molecular weight is 267 g/mol. The maximum absolute atomic E-state index is 7.97. The van der Waals surface area contributed by atoms with Crippen LogP contribution in [0.1, 0.15) is 25.0 Å². The second kappa shape index (κ2) is 8.42. The van der Waals surface area contributed by atoms with E-state index in [0.29, 0.717) is 11.3 Å². The lowest BCUT2D eigenvalue weighted by atomic mass is 10.1. The summed E-state index contributed by atoms with van der Waals surface area (Å²) in [5.74, 6) is 0. The SMILES string of the molecule is C=C/C(=C\C(=N)c1cncnc1)c1cncnc1.CC.